The van der Waals surface area contributed by atoms with Crippen LogP contribution in [0.5, 0.6) is 0 Å². The van der Waals surface area contributed by atoms with E-state index in [0.29, 0.717) is 5.41 Å². The van der Waals surface area contributed by atoms with Gasteiger partial charge in [-0.3, -0.25) is 4.79 Å². The number of carbonyl (C=O) groups is 1. The van der Waals surface area contributed by atoms with Crippen LogP contribution in [-0.4, -0.2) is 29.9 Å². The van der Waals surface area contributed by atoms with Crippen molar-refractivity contribution in [1.82, 2.24) is 4.90 Å². The Morgan fingerprint density at radius 2 is 1.65 bits per heavy atom. The van der Waals surface area contributed by atoms with Crippen molar-refractivity contribution in [2.24, 2.45) is 16.6 Å². The quantitative estimate of drug-likeness (QED) is 0.789. The molecule has 17 heavy (non-hydrogen) atoms. The van der Waals surface area contributed by atoms with Crippen LogP contribution >= 0.6 is 12.4 Å². The highest BCUT2D eigenvalue weighted by molar-refractivity contribution is 5.85. The molecule has 1 aliphatic rings. The normalized spacial score (nSPS) is 21.6. The zero-order valence-corrected chi connectivity index (χ0v) is 12.6. The molecule has 1 aliphatic heterocycles. The highest BCUT2D eigenvalue weighted by atomic mass is 35.5. The van der Waals surface area contributed by atoms with Crippen LogP contribution in [0.15, 0.2) is 0 Å². The van der Waals surface area contributed by atoms with Crippen molar-refractivity contribution in [3.05, 3.63) is 0 Å². The number of carbonyl (C=O) groups excluding carboxylic acids is 1. The Kier molecular flexibility index (Phi) is 5.48. The van der Waals surface area contributed by atoms with E-state index in [2.05, 4.69) is 13.8 Å². The van der Waals surface area contributed by atoms with Crippen LogP contribution in [0.3, 0.4) is 0 Å². The van der Waals surface area contributed by atoms with Crippen LogP contribution in [0.1, 0.15) is 47.5 Å². The lowest BCUT2D eigenvalue weighted by Gasteiger charge is -2.39. The summed E-state index contributed by atoms with van der Waals surface area (Å²) in [4.78, 5) is 14.1. The third-order valence-corrected chi connectivity index (χ3v) is 3.63. The molecule has 0 saturated carbocycles. The Labute approximate surface area is 112 Å². The Morgan fingerprint density at radius 3 is 2.00 bits per heavy atom. The Balaban J connectivity index is 0.00000256. The number of nitrogens with two attached hydrogens (primary N) is 1. The van der Waals surface area contributed by atoms with Crippen LogP contribution in [0.2, 0.25) is 0 Å². The molecule has 1 amide bonds. The number of likely N-dealkylation sites (tertiary alicyclic amines) is 1. The molecule has 102 valence electrons. The average Bonchev–Trinajstić information content (AvgIpc) is 2.14. The van der Waals surface area contributed by atoms with Gasteiger partial charge in [0.05, 0.1) is 6.04 Å². The molecule has 0 aromatic heterocycles. The zero-order valence-electron chi connectivity index (χ0n) is 11.7. The third kappa shape index (κ3) is 4.47. The van der Waals surface area contributed by atoms with E-state index in [4.69, 9.17) is 5.73 Å². The van der Waals surface area contributed by atoms with Crippen LogP contribution < -0.4 is 5.73 Å². The van der Waals surface area contributed by atoms with Gasteiger partial charge in [0.2, 0.25) is 5.91 Å². The smallest absolute Gasteiger partial charge is 0.240 e. The monoisotopic (exact) mass is 262 g/mol. The second-order valence-corrected chi connectivity index (χ2v) is 6.83. The van der Waals surface area contributed by atoms with Gasteiger partial charge in [-0.05, 0) is 23.7 Å². The first-order chi connectivity index (χ1) is 7.13. The van der Waals surface area contributed by atoms with E-state index in [0.717, 1.165) is 25.9 Å². The van der Waals surface area contributed by atoms with E-state index in [1.807, 2.05) is 25.7 Å². The maximum absolute atomic E-state index is 12.2. The van der Waals surface area contributed by atoms with E-state index in [-0.39, 0.29) is 29.8 Å². The molecule has 4 heteroatoms. The van der Waals surface area contributed by atoms with Crippen LogP contribution in [0, 0.1) is 10.8 Å². The second kappa shape index (κ2) is 5.57. The minimum absolute atomic E-state index is 0. The molecule has 0 spiro atoms. The minimum atomic E-state index is -0.381. The van der Waals surface area contributed by atoms with Gasteiger partial charge in [0.25, 0.3) is 0 Å². The molecule has 0 radical (unpaired) electrons. The van der Waals surface area contributed by atoms with Gasteiger partial charge < -0.3 is 10.6 Å². The van der Waals surface area contributed by atoms with Crippen LogP contribution in [0.25, 0.3) is 0 Å². The SMILES string of the molecule is CC1(C)CCN(C(=O)[C@@H](N)C(C)(C)C)CC1.Cl. The van der Waals surface area contributed by atoms with Gasteiger partial charge in [-0.2, -0.15) is 0 Å². The summed E-state index contributed by atoms with van der Waals surface area (Å²) < 4.78 is 0. The summed E-state index contributed by atoms with van der Waals surface area (Å²) in [7, 11) is 0. The van der Waals surface area contributed by atoms with Gasteiger partial charge in [-0.25, -0.2) is 0 Å². The number of hydrogen-bond acceptors (Lipinski definition) is 2. The van der Waals surface area contributed by atoms with Crippen molar-refractivity contribution in [1.29, 1.82) is 0 Å². The van der Waals surface area contributed by atoms with Gasteiger partial charge in [0, 0.05) is 13.1 Å². The van der Waals surface area contributed by atoms with E-state index in [1.54, 1.807) is 0 Å². The van der Waals surface area contributed by atoms with Gasteiger partial charge in [-0.1, -0.05) is 34.6 Å². The van der Waals surface area contributed by atoms with Crippen molar-refractivity contribution < 1.29 is 4.79 Å². The van der Waals surface area contributed by atoms with E-state index >= 15 is 0 Å². The molecular weight excluding hydrogens is 236 g/mol. The maximum atomic E-state index is 12.2. The number of rotatable bonds is 1. The molecule has 0 aromatic rings. The molecule has 1 heterocycles. The van der Waals surface area contributed by atoms with Crippen molar-refractivity contribution in [3.8, 4) is 0 Å². The van der Waals surface area contributed by atoms with E-state index in [9.17, 15) is 4.79 Å². The van der Waals surface area contributed by atoms with Crippen LogP contribution in [0.4, 0.5) is 0 Å². The molecule has 1 atom stereocenters. The van der Waals surface area contributed by atoms with Crippen LogP contribution in [-0.2, 0) is 4.79 Å². The second-order valence-electron chi connectivity index (χ2n) is 6.83. The van der Waals surface area contributed by atoms with Crippen molar-refractivity contribution in [2.75, 3.05) is 13.1 Å². The Morgan fingerprint density at radius 1 is 1.24 bits per heavy atom. The predicted octanol–water partition coefficient (Wildman–Crippen LogP) is 2.43. The molecule has 0 unspecified atom stereocenters. The number of amides is 1. The molecule has 0 bridgehead atoms. The fourth-order valence-electron chi connectivity index (χ4n) is 1.90. The third-order valence-electron chi connectivity index (χ3n) is 3.63. The fraction of sp³-hybridized carbons (Fsp3) is 0.923. The van der Waals surface area contributed by atoms with Gasteiger partial charge in [0.15, 0.2) is 0 Å². The number of halogens is 1. The maximum Gasteiger partial charge on any atom is 0.240 e. The van der Waals surface area contributed by atoms with Gasteiger partial charge >= 0.3 is 0 Å². The summed E-state index contributed by atoms with van der Waals surface area (Å²) in [6.45, 7) is 12.3. The summed E-state index contributed by atoms with van der Waals surface area (Å²) in [5.74, 6) is 0.114. The molecule has 1 fully saturated rings. The summed E-state index contributed by atoms with van der Waals surface area (Å²) in [5, 5.41) is 0. The predicted molar refractivity (Wildman–Crippen MR) is 74.3 cm³/mol. The zero-order chi connectivity index (χ0) is 12.6. The topological polar surface area (TPSA) is 46.3 Å². The highest BCUT2D eigenvalue weighted by Gasteiger charge is 2.34. The van der Waals surface area contributed by atoms with Gasteiger partial charge in [-0.15, -0.1) is 12.4 Å². The number of hydrogen-bond donors (Lipinski definition) is 1. The summed E-state index contributed by atoms with van der Waals surface area (Å²) in [6, 6.07) is -0.381. The number of piperidine rings is 1. The van der Waals surface area contributed by atoms with Gasteiger partial charge in [0.1, 0.15) is 0 Å². The molecule has 3 nitrogen and oxygen atoms in total. The summed E-state index contributed by atoms with van der Waals surface area (Å²) in [6.07, 6.45) is 2.16. The summed E-state index contributed by atoms with van der Waals surface area (Å²) >= 11 is 0. The molecule has 0 aliphatic carbocycles. The molecular formula is C13H27ClN2O. The number of nitrogens with zero attached hydrogens (tertiary/aromatic N) is 1. The summed E-state index contributed by atoms with van der Waals surface area (Å²) in [5.41, 5.74) is 6.23. The molecule has 1 rings (SSSR count). The first-order valence-electron chi connectivity index (χ1n) is 6.18. The lowest BCUT2D eigenvalue weighted by atomic mass is 9.81. The van der Waals surface area contributed by atoms with Crippen molar-refractivity contribution in [3.63, 3.8) is 0 Å². The Hall–Kier alpha value is -0.280. The average molecular weight is 263 g/mol. The molecule has 0 aromatic carbocycles. The lowest BCUT2D eigenvalue weighted by molar-refractivity contribution is -0.137. The highest BCUT2D eigenvalue weighted by Crippen LogP contribution is 2.30. The minimum Gasteiger partial charge on any atom is -0.341 e. The molecule has 2 N–H and O–H groups in total. The molecule has 1 saturated heterocycles. The van der Waals surface area contributed by atoms with Crippen molar-refractivity contribution in [2.45, 2.75) is 53.5 Å². The van der Waals surface area contributed by atoms with Crippen molar-refractivity contribution >= 4 is 18.3 Å². The first-order valence-corrected chi connectivity index (χ1v) is 6.18. The van der Waals surface area contributed by atoms with E-state index < -0.39 is 0 Å². The largest absolute Gasteiger partial charge is 0.341 e. The standard InChI is InChI=1S/C13H26N2O.ClH/c1-12(2,3)10(14)11(16)15-8-6-13(4,5)7-9-15;/h10H,6-9,14H2,1-5H3;1H/t10-;/m1./s1. The Bertz CT molecular complexity index is 261. The van der Waals surface area contributed by atoms with E-state index in [1.165, 1.54) is 0 Å². The first kappa shape index (κ1) is 16.7. The fourth-order valence-corrected chi connectivity index (χ4v) is 1.90. The lowest BCUT2D eigenvalue weighted by Crippen LogP contribution is -2.53.